The highest BCUT2D eigenvalue weighted by molar-refractivity contribution is 6.08. The van der Waals surface area contributed by atoms with E-state index in [0.29, 0.717) is 11.3 Å². The van der Waals surface area contributed by atoms with Crippen LogP contribution in [0.3, 0.4) is 0 Å². The minimum Gasteiger partial charge on any atom is -0.478 e. The Morgan fingerprint density at radius 1 is 1.14 bits per heavy atom. The SMILES string of the molecule is CCc1ccc(C(=O)Nc2cc(N)ccc2C(=O)O)cc1. The molecule has 0 aliphatic heterocycles. The maximum absolute atomic E-state index is 12.2. The average molecular weight is 284 g/mol. The van der Waals surface area contributed by atoms with Crippen LogP contribution in [0.4, 0.5) is 11.4 Å². The molecule has 0 bridgehead atoms. The van der Waals surface area contributed by atoms with E-state index < -0.39 is 5.97 Å². The summed E-state index contributed by atoms with van der Waals surface area (Å²) < 4.78 is 0. The fraction of sp³-hybridized carbons (Fsp3) is 0.125. The molecule has 0 aliphatic rings. The van der Waals surface area contributed by atoms with Gasteiger partial charge in [0.05, 0.1) is 11.3 Å². The summed E-state index contributed by atoms with van der Waals surface area (Å²) in [6.07, 6.45) is 0.889. The quantitative estimate of drug-likeness (QED) is 0.753. The maximum Gasteiger partial charge on any atom is 0.337 e. The molecule has 0 aromatic heterocycles. The average Bonchev–Trinajstić information content (AvgIpc) is 2.47. The molecule has 0 atom stereocenters. The Morgan fingerprint density at radius 3 is 2.38 bits per heavy atom. The van der Waals surface area contributed by atoms with E-state index in [2.05, 4.69) is 5.32 Å². The second-order valence-electron chi connectivity index (χ2n) is 4.61. The van der Waals surface area contributed by atoms with Crippen molar-refractivity contribution in [1.29, 1.82) is 0 Å². The monoisotopic (exact) mass is 284 g/mol. The Hall–Kier alpha value is -2.82. The number of nitrogen functional groups attached to an aromatic ring is 1. The molecule has 2 aromatic rings. The second-order valence-corrected chi connectivity index (χ2v) is 4.61. The molecule has 0 saturated carbocycles. The Kier molecular flexibility index (Phi) is 4.23. The van der Waals surface area contributed by atoms with Gasteiger partial charge in [-0.15, -0.1) is 0 Å². The molecule has 2 aromatic carbocycles. The van der Waals surface area contributed by atoms with E-state index in [9.17, 15) is 9.59 Å². The summed E-state index contributed by atoms with van der Waals surface area (Å²) in [6.45, 7) is 2.03. The number of hydrogen-bond acceptors (Lipinski definition) is 3. The van der Waals surface area contributed by atoms with Gasteiger partial charge in [-0.2, -0.15) is 0 Å². The van der Waals surface area contributed by atoms with Crippen LogP contribution in [0, 0.1) is 0 Å². The lowest BCUT2D eigenvalue weighted by Gasteiger charge is -2.09. The van der Waals surface area contributed by atoms with E-state index in [1.54, 1.807) is 12.1 Å². The van der Waals surface area contributed by atoms with Crippen LogP contribution in [0.1, 0.15) is 33.2 Å². The van der Waals surface area contributed by atoms with Crippen molar-refractivity contribution in [3.8, 4) is 0 Å². The van der Waals surface area contributed by atoms with Crippen molar-refractivity contribution in [3.05, 3.63) is 59.2 Å². The third-order valence-corrected chi connectivity index (χ3v) is 3.15. The van der Waals surface area contributed by atoms with Crippen molar-refractivity contribution < 1.29 is 14.7 Å². The fourth-order valence-corrected chi connectivity index (χ4v) is 1.94. The number of rotatable bonds is 4. The van der Waals surface area contributed by atoms with Crippen molar-refractivity contribution in [3.63, 3.8) is 0 Å². The van der Waals surface area contributed by atoms with E-state index in [0.717, 1.165) is 12.0 Å². The second kappa shape index (κ2) is 6.09. The van der Waals surface area contributed by atoms with Crippen LogP contribution in [-0.2, 0) is 6.42 Å². The lowest BCUT2D eigenvalue weighted by Crippen LogP contribution is -2.15. The predicted octanol–water partition coefficient (Wildman–Crippen LogP) is 2.78. The smallest absolute Gasteiger partial charge is 0.337 e. The number of aromatic carboxylic acids is 1. The van der Waals surface area contributed by atoms with Crippen molar-refractivity contribution in [2.75, 3.05) is 11.1 Å². The summed E-state index contributed by atoms with van der Waals surface area (Å²) in [6, 6.07) is 11.4. The number of nitrogens with one attached hydrogen (secondary N) is 1. The molecule has 2 rings (SSSR count). The van der Waals surface area contributed by atoms with E-state index in [1.807, 2.05) is 19.1 Å². The lowest BCUT2D eigenvalue weighted by atomic mass is 10.1. The zero-order chi connectivity index (χ0) is 15.4. The van der Waals surface area contributed by atoms with Crippen molar-refractivity contribution in [2.45, 2.75) is 13.3 Å². The number of anilines is 2. The number of carbonyl (C=O) groups is 2. The molecule has 108 valence electrons. The standard InChI is InChI=1S/C16H16N2O3/c1-2-10-3-5-11(6-4-10)15(19)18-14-9-12(17)7-8-13(14)16(20)21/h3-9H,2,17H2,1H3,(H,18,19)(H,20,21). The van der Waals surface area contributed by atoms with Gasteiger partial charge in [-0.05, 0) is 42.3 Å². The molecule has 0 spiro atoms. The summed E-state index contributed by atoms with van der Waals surface area (Å²) in [7, 11) is 0. The van der Waals surface area contributed by atoms with Crippen molar-refractivity contribution in [2.24, 2.45) is 0 Å². The Balaban J connectivity index is 2.26. The first-order valence-corrected chi connectivity index (χ1v) is 6.54. The van der Waals surface area contributed by atoms with E-state index in [1.165, 1.54) is 18.2 Å². The summed E-state index contributed by atoms with van der Waals surface area (Å²) in [4.78, 5) is 23.3. The number of amides is 1. The van der Waals surface area contributed by atoms with Crippen LogP contribution in [0.15, 0.2) is 42.5 Å². The molecule has 0 fully saturated rings. The topological polar surface area (TPSA) is 92.4 Å². The van der Waals surface area contributed by atoms with Gasteiger partial charge < -0.3 is 16.2 Å². The number of benzene rings is 2. The van der Waals surface area contributed by atoms with Gasteiger partial charge in [-0.3, -0.25) is 4.79 Å². The molecule has 5 heteroatoms. The van der Waals surface area contributed by atoms with Gasteiger partial charge in [0.25, 0.3) is 5.91 Å². The minimum atomic E-state index is -1.12. The van der Waals surface area contributed by atoms with Gasteiger partial charge in [0.2, 0.25) is 0 Å². The number of carbonyl (C=O) groups excluding carboxylic acids is 1. The minimum absolute atomic E-state index is 0.00253. The normalized spacial score (nSPS) is 10.1. The Morgan fingerprint density at radius 2 is 1.81 bits per heavy atom. The van der Waals surface area contributed by atoms with Gasteiger partial charge in [0.15, 0.2) is 0 Å². The zero-order valence-corrected chi connectivity index (χ0v) is 11.6. The highest BCUT2D eigenvalue weighted by Gasteiger charge is 2.13. The molecular weight excluding hydrogens is 268 g/mol. The van der Waals surface area contributed by atoms with Crippen LogP contribution in [-0.4, -0.2) is 17.0 Å². The molecule has 0 radical (unpaired) electrons. The summed E-state index contributed by atoms with van der Waals surface area (Å²) in [5, 5.41) is 11.7. The van der Waals surface area contributed by atoms with Crippen molar-refractivity contribution >= 4 is 23.3 Å². The lowest BCUT2D eigenvalue weighted by molar-refractivity contribution is 0.0698. The van der Waals surface area contributed by atoms with Gasteiger partial charge in [-0.1, -0.05) is 19.1 Å². The molecule has 21 heavy (non-hydrogen) atoms. The number of aryl methyl sites for hydroxylation is 1. The first kappa shape index (κ1) is 14.6. The number of carboxylic acid groups (broad SMARTS) is 1. The van der Waals surface area contributed by atoms with Crippen LogP contribution in [0.2, 0.25) is 0 Å². The Labute approximate surface area is 122 Å². The van der Waals surface area contributed by atoms with Gasteiger partial charge in [0.1, 0.15) is 0 Å². The molecular formula is C16H16N2O3. The van der Waals surface area contributed by atoms with Gasteiger partial charge >= 0.3 is 5.97 Å². The number of carboxylic acids is 1. The summed E-state index contributed by atoms with van der Waals surface area (Å²) >= 11 is 0. The highest BCUT2D eigenvalue weighted by Crippen LogP contribution is 2.20. The molecule has 1 amide bonds. The van der Waals surface area contributed by atoms with Gasteiger partial charge in [0, 0.05) is 11.3 Å². The molecule has 0 saturated heterocycles. The third kappa shape index (κ3) is 3.39. The summed E-state index contributed by atoms with van der Waals surface area (Å²) in [5.41, 5.74) is 7.80. The van der Waals surface area contributed by atoms with Crippen LogP contribution in [0.5, 0.6) is 0 Å². The van der Waals surface area contributed by atoms with Crippen LogP contribution in [0.25, 0.3) is 0 Å². The third-order valence-electron chi connectivity index (χ3n) is 3.15. The van der Waals surface area contributed by atoms with Crippen LogP contribution >= 0.6 is 0 Å². The largest absolute Gasteiger partial charge is 0.478 e. The molecule has 5 nitrogen and oxygen atoms in total. The fourth-order valence-electron chi connectivity index (χ4n) is 1.94. The summed E-state index contributed by atoms with van der Waals surface area (Å²) in [5.74, 6) is -1.49. The number of hydrogen-bond donors (Lipinski definition) is 3. The highest BCUT2D eigenvalue weighted by atomic mass is 16.4. The van der Waals surface area contributed by atoms with Crippen LogP contribution < -0.4 is 11.1 Å². The Bertz CT molecular complexity index is 678. The van der Waals surface area contributed by atoms with E-state index in [4.69, 9.17) is 10.8 Å². The van der Waals surface area contributed by atoms with Crippen molar-refractivity contribution in [1.82, 2.24) is 0 Å². The maximum atomic E-state index is 12.2. The first-order chi connectivity index (χ1) is 10.0. The van der Waals surface area contributed by atoms with E-state index >= 15 is 0 Å². The molecule has 0 unspecified atom stereocenters. The molecule has 0 heterocycles. The zero-order valence-electron chi connectivity index (χ0n) is 11.6. The number of nitrogens with two attached hydrogens (primary N) is 1. The predicted molar refractivity (Wildman–Crippen MR) is 81.6 cm³/mol. The molecule has 0 aliphatic carbocycles. The molecule has 4 N–H and O–H groups in total. The van der Waals surface area contributed by atoms with Gasteiger partial charge in [-0.25, -0.2) is 4.79 Å². The first-order valence-electron chi connectivity index (χ1n) is 6.54. The van der Waals surface area contributed by atoms with E-state index in [-0.39, 0.29) is 17.2 Å².